The highest BCUT2D eigenvalue weighted by Crippen LogP contribution is 2.18. The summed E-state index contributed by atoms with van der Waals surface area (Å²) in [5, 5.41) is 6.48. The number of ether oxygens (including phenoxy) is 1. The number of nitrogens with one attached hydrogen (secondary N) is 1. The first-order valence-electron chi connectivity index (χ1n) is 5.42. The fourth-order valence-corrected chi connectivity index (χ4v) is 2.21. The zero-order valence-electron chi connectivity index (χ0n) is 9.88. The van der Waals surface area contributed by atoms with Gasteiger partial charge in [-0.3, -0.25) is 0 Å². The monoisotopic (exact) mass is 249 g/mol. The Balaban J connectivity index is 1.98. The molecule has 1 atom stereocenters. The van der Waals surface area contributed by atoms with E-state index in [1.54, 1.807) is 24.6 Å². The van der Waals surface area contributed by atoms with Crippen molar-refractivity contribution in [1.82, 2.24) is 15.3 Å². The van der Waals surface area contributed by atoms with Crippen molar-refractivity contribution in [3.05, 3.63) is 40.5 Å². The van der Waals surface area contributed by atoms with Gasteiger partial charge in [0.05, 0.1) is 13.2 Å². The average Bonchev–Trinajstić information content (AvgIpc) is 2.90. The van der Waals surface area contributed by atoms with Gasteiger partial charge in [-0.05, 0) is 13.0 Å². The molecule has 0 bridgehead atoms. The molecule has 2 rings (SSSR count). The van der Waals surface area contributed by atoms with Gasteiger partial charge in [0.15, 0.2) is 0 Å². The van der Waals surface area contributed by atoms with Gasteiger partial charge in [-0.25, -0.2) is 9.97 Å². The lowest BCUT2D eigenvalue weighted by Gasteiger charge is -2.12. The van der Waals surface area contributed by atoms with Crippen LogP contribution in [0.1, 0.15) is 23.5 Å². The summed E-state index contributed by atoms with van der Waals surface area (Å²) in [5.74, 6) is 0.673. The second-order valence-corrected chi connectivity index (χ2v) is 4.57. The van der Waals surface area contributed by atoms with Crippen LogP contribution in [0.3, 0.4) is 0 Å². The third kappa shape index (κ3) is 3.01. The van der Waals surface area contributed by atoms with Crippen LogP contribution in [0.15, 0.2) is 29.9 Å². The van der Waals surface area contributed by atoms with Gasteiger partial charge in [-0.15, -0.1) is 11.3 Å². The summed E-state index contributed by atoms with van der Waals surface area (Å²) in [6, 6.07) is 4.15. The Kier molecular flexibility index (Phi) is 4.06. The molecule has 90 valence electrons. The first-order chi connectivity index (χ1) is 8.31. The number of pyridine rings is 1. The Morgan fingerprint density at radius 3 is 3.00 bits per heavy atom. The van der Waals surface area contributed by atoms with Gasteiger partial charge in [-0.2, -0.15) is 0 Å². The Bertz CT molecular complexity index is 459. The topological polar surface area (TPSA) is 47.0 Å². The molecule has 0 amide bonds. The molecule has 0 aromatic carbocycles. The van der Waals surface area contributed by atoms with Crippen LogP contribution in [0, 0.1) is 0 Å². The van der Waals surface area contributed by atoms with Crippen molar-refractivity contribution >= 4 is 11.3 Å². The van der Waals surface area contributed by atoms with Crippen LogP contribution in [0.25, 0.3) is 0 Å². The molecule has 0 radical (unpaired) electrons. The molecule has 0 saturated carbocycles. The SMILES string of the molecule is COc1ncccc1CNC(C)c1nccs1. The summed E-state index contributed by atoms with van der Waals surface area (Å²) in [5.41, 5.74) is 1.05. The molecule has 0 fully saturated rings. The Hall–Kier alpha value is -1.46. The van der Waals surface area contributed by atoms with E-state index in [0.717, 1.165) is 17.1 Å². The normalized spacial score (nSPS) is 12.4. The van der Waals surface area contributed by atoms with Gasteiger partial charge in [0.2, 0.25) is 5.88 Å². The van der Waals surface area contributed by atoms with Crippen LogP contribution in [0.5, 0.6) is 5.88 Å². The lowest BCUT2D eigenvalue weighted by molar-refractivity contribution is 0.389. The lowest BCUT2D eigenvalue weighted by Crippen LogP contribution is -2.18. The van der Waals surface area contributed by atoms with Crippen LogP contribution in [-0.4, -0.2) is 17.1 Å². The summed E-state index contributed by atoms with van der Waals surface area (Å²) >= 11 is 1.66. The lowest BCUT2D eigenvalue weighted by atomic mass is 10.2. The highest BCUT2D eigenvalue weighted by molar-refractivity contribution is 7.09. The molecule has 0 aliphatic rings. The smallest absolute Gasteiger partial charge is 0.217 e. The van der Waals surface area contributed by atoms with Crippen molar-refractivity contribution < 1.29 is 4.74 Å². The van der Waals surface area contributed by atoms with Crippen LogP contribution < -0.4 is 10.1 Å². The van der Waals surface area contributed by atoms with Crippen molar-refractivity contribution in [1.29, 1.82) is 0 Å². The quantitative estimate of drug-likeness (QED) is 0.884. The van der Waals surface area contributed by atoms with Crippen molar-refractivity contribution in [2.45, 2.75) is 19.5 Å². The molecule has 0 saturated heterocycles. The molecule has 2 heterocycles. The highest BCUT2D eigenvalue weighted by atomic mass is 32.1. The maximum atomic E-state index is 5.20. The average molecular weight is 249 g/mol. The second-order valence-electron chi connectivity index (χ2n) is 3.64. The Morgan fingerprint density at radius 1 is 1.41 bits per heavy atom. The Morgan fingerprint density at radius 2 is 2.29 bits per heavy atom. The van der Waals surface area contributed by atoms with Gasteiger partial charge in [0, 0.05) is 29.9 Å². The fraction of sp³-hybridized carbons (Fsp3) is 0.333. The number of aromatic nitrogens is 2. The molecule has 0 aliphatic carbocycles. The first kappa shape index (κ1) is 12.0. The molecule has 2 aromatic heterocycles. The number of rotatable bonds is 5. The van der Waals surface area contributed by atoms with Gasteiger partial charge in [-0.1, -0.05) is 6.07 Å². The number of nitrogens with zero attached hydrogens (tertiary/aromatic N) is 2. The number of hydrogen-bond donors (Lipinski definition) is 1. The summed E-state index contributed by atoms with van der Waals surface area (Å²) in [6.45, 7) is 2.82. The molecule has 4 nitrogen and oxygen atoms in total. The molecule has 1 unspecified atom stereocenters. The fourth-order valence-electron chi connectivity index (χ4n) is 1.54. The van der Waals surface area contributed by atoms with Crippen LogP contribution in [-0.2, 0) is 6.54 Å². The summed E-state index contributed by atoms with van der Waals surface area (Å²) in [7, 11) is 1.64. The minimum absolute atomic E-state index is 0.236. The van der Waals surface area contributed by atoms with E-state index in [2.05, 4.69) is 22.2 Å². The van der Waals surface area contributed by atoms with Gasteiger partial charge >= 0.3 is 0 Å². The molecule has 17 heavy (non-hydrogen) atoms. The van der Waals surface area contributed by atoms with Gasteiger partial charge < -0.3 is 10.1 Å². The van der Waals surface area contributed by atoms with Crippen LogP contribution >= 0.6 is 11.3 Å². The van der Waals surface area contributed by atoms with Crippen molar-refractivity contribution in [2.24, 2.45) is 0 Å². The van der Waals surface area contributed by atoms with Crippen molar-refractivity contribution in [3.63, 3.8) is 0 Å². The molecule has 1 N–H and O–H groups in total. The van der Waals surface area contributed by atoms with E-state index in [-0.39, 0.29) is 6.04 Å². The molecule has 5 heteroatoms. The second kappa shape index (κ2) is 5.75. The van der Waals surface area contributed by atoms with Crippen molar-refractivity contribution in [2.75, 3.05) is 7.11 Å². The molecular weight excluding hydrogens is 234 g/mol. The molecule has 2 aromatic rings. The van der Waals surface area contributed by atoms with Crippen molar-refractivity contribution in [3.8, 4) is 5.88 Å². The zero-order valence-corrected chi connectivity index (χ0v) is 10.7. The zero-order chi connectivity index (χ0) is 12.1. The van der Waals surface area contributed by atoms with E-state index in [0.29, 0.717) is 5.88 Å². The molecular formula is C12H15N3OS. The first-order valence-corrected chi connectivity index (χ1v) is 6.30. The highest BCUT2D eigenvalue weighted by Gasteiger charge is 2.09. The molecule has 0 spiro atoms. The third-order valence-corrected chi connectivity index (χ3v) is 3.42. The maximum absolute atomic E-state index is 5.20. The number of hydrogen-bond acceptors (Lipinski definition) is 5. The third-order valence-electron chi connectivity index (χ3n) is 2.46. The van der Waals surface area contributed by atoms with E-state index >= 15 is 0 Å². The van der Waals surface area contributed by atoms with Gasteiger partial charge in [0.1, 0.15) is 5.01 Å². The predicted octanol–water partition coefficient (Wildman–Crippen LogP) is 2.40. The van der Waals surface area contributed by atoms with E-state index in [4.69, 9.17) is 4.74 Å². The van der Waals surface area contributed by atoms with Gasteiger partial charge in [0.25, 0.3) is 0 Å². The standard InChI is InChI=1S/C12H15N3OS/c1-9(12-14-6-7-17-12)15-8-10-4-3-5-13-11(10)16-2/h3-7,9,15H,8H2,1-2H3. The summed E-state index contributed by atoms with van der Waals surface area (Å²) in [4.78, 5) is 8.44. The minimum atomic E-state index is 0.236. The maximum Gasteiger partial charge on any atom is 0.217 e. The molecule has 0 aliphatic heterocycles. The summed E-state index contributed by atoms with van der Waals surface area (Å²) in [6.07, 6.45) is 3.55. The summed E-state index contributed by atoms with van der Waals surface area (Å²) < 4.78 is 5.20. The largest absolute Gasteiger partial charge is 0.481 e. The van der Waals surface area contributed by atoms with E-state index < -0.39 is 0 Å². The predicted molar refractivity (Wildman–Crippen MR) is 68.2 cm³/mol. The Labute approximate surface area is 105 Å². The van der Waals surface area contributed by atoms with E-state index in [1.165, 1.54) is 0 Å². The van der Waals surface area contributed by atoms with E-state index in [1.807, 2.05) is 23.7 Å². The number of methoxy groups -OCH3 is 1. The van der Waals surface area contributed by atoms with E-state index in [9.17, 15) is 0 Å². The van der Waals surface area contributed by atoms with Crippen LogP contribution in [0.4, 0.5) is 0 Å². The van der Waals surface area contributed by atoms with Crippen LogP contribution in [0.2, 0.25) is 0 Å². The minimum Gasteiger partial charge on any atom is -0.481 e. The number of thiazole rings is 1.